The first kappa shape index (κ1) is 13.6. The first-order chi connectivity index (χ1) is 9.08. The van der Waals surface area contributed by atoms with Crippen LogP contribution in [0.15, 0.2) is 18.3 Å². The van der Waals surface area contributed by atoms with E-state index in [2.05, 4.69) is 5.32 Å². The van der Waals surface area contributed by atoms with E-state index in [1.54, 1.807) is 0 Å². The molecule has 0 radical (unpaired) electrons. The van der Waals surface area contributed by atoms with E-state index < -0.39 is 5.97 Å². The minimum atomic E-state index is -0.791. The molecule has 5 nitrogen and oxygen atoms in total. The normalized spacial score (nSPS) is 16.1. The number of nitrogens with one attached hydrogen (secondary N) is 1. The highest BCUT2D eigenvalue weighted by Gasteiger charge is 2.26. The quantitative estimate of drug-likeness (QED) is 0.793. The van der Waals surface area contributed by atoms with Crippen LogP contribution in [0, 0.1) is 0 Å². The Labute approximate surface area is 112 Å². The van der Waals surface area contributed by atoms with Crippen molar-refractivity contribution in [2.24, 2.45) is 0 Å². The zero-order valence-electron chi connectivity index (χ0n) is 11.1. The van der Waals surface area contributed by atoms with Gasteiger partial charge in [-0.3, -0.25) is 9.59 Å². The van der Waals surface area contributed by atoms with Crippen molar-refractivity contribution in [1.82, 2.24) is 9.88 Å². The SMILES string of the molecule is CC(CCCC(=O)O)NC(=O)c1cccn1C1CC1. The van der Waals surface area contributed by atoms with Crippen LogP contribution < -0.4 is 5.32 Å². The molecule has 1 aromatic rings. The number of carboxylic acid groups (broad SMARTS) is 1. The van der Waals surface area contributed by atoms with Crippen molar-refractivity contribution in [2.75, 3.05) is 0 Å². The lowest BCUT2D eigenvalue weighted by molar-refractivity contribution is -0.137. The highest BCUT2D eigenvalue weighted by Crippen LogP contribution is 2.35. The molecule has 1 aliphatic rings. The molecule has 1 aromatic heterocycles. The number of amides is 1. The Balaban J connectivity index is 1.82. The van der Waals surface area contributed by atoms with Gasteiger partial charge in [-0.2, -0.15) is 0 Å². The molecule has 1 atom stereocenters. The van der Waals surface area contributed by atoms with Crippen LogP contribution >= 0.6 is 0 Å². The van der Waals surface area contributed by atoms with Crippen LogP contribution in [-0.2, 0) is 4.79 Å². The Morgan fingerprint density at radius 3 is 2.89 bits per heavy atom. The molecule has 2 N–H and O–H groups in total. The van der Waals surface area contributed by atoms with Crippen molar-refractivity contribution < 1.29 is 14.7 Å². The third-order valence-electron chi connectivity index (χ3n) is 3.36. The molecule has 1 saturated carbocycles. The van der Waals surface area contributed by atoms with Crippen molar-refractivity contribution in [2.45, 2.75) is 51.1 Å². The highest BCUT2D eigenvalue weighted by molar-refractivity contribution is 5.93. The standard InChI is InChI=1S/C14H20N2O3/c1-10(4-2-6-13(17)18)15-14(19)12-5-3-9-16(12)11-7-8-11/h3,5,9-11H,2,4,6-8H2,1H3,(H,15,19)(H,17,18). The van der Waals surface area contributed by atoms with Crippen LogP contribution in [0.5, 0.6) is 0 Å². The largest absolute Gasteiger partial charge is 0.481 e. The van der Waals surface area contributed by atoms with E-state index in [1.807, 2.05) is 29.8 Å². The number of carbonyl (C=O) groups is 2. The molecule has 1 unspecified atom stereocenters. The molecule has 2 rings (SSSR count). The number of rotatable bonds is 7. The van der Waals surface area contributed by atoms with Gasteiger partial charge in [-0.05, 0) is 44.7 Å². The molecule has 0 saturated heterocycles. The van der Waals surface area contributed by atoms with Crippen molar-refractivity contribution in [3.63, 3.8) is 0 Å². The molecular weight excluding hydrogens is 244 g/mol. The fourth-order valence-electron chi connectivity index (χ4n) is 2.19. The van der Waals surface area contributed by atoms with Gasteiger partial charge in [0, 0.05) is 24.7 Å². The summed E-state index contributed by atoms with van der Waals surface area (Å²) in [7, 11) is 0. The molecule has 1 heterocycles. The monoisotopic (exact) mass is 264 g/mol. The number of hydrogen-bond donors (Lipinski definition) is 2. The van der Waals surface area contributed by atoms with Gasteiger partial charge in [-0.15, -0.1) is 0 Å². The second-order valence-electron chi connectivity index (χ2n) is 5.19. The van der Waals surface area contributed by atoms with Gasteiger partial charge in [0.1, 0.15) is 5.69 Å². The fourth-order valence-corrected chi connectivity index (χ4v) is 2.19. The van der Waals surface area contributed by atoms with Crippen molar-refractivity contribution in [1.29, 1.82) is 0 Å². The maximum absolute atomic E-state index is 12.1. The summed E-state index contributed by atoms with van der Waals surface area (Å²) in [4.78, 5) is 22.5. The summed E-state index contributed by atoms with van der Waals surface area (Å²) in [6.45, 7) is 1.91. The number of carboxylic acids is 1. The Hall–Kier alpha value is -1.78. The van der Waals surface area contributed by atoms with Gasteiger partial charge in [0.2, 0.25) is 0 Å². The third kappa shape index (κ3) is 3.84. The summed E-state index contributed by atoms with van der Waals surface area (Å²) in [5, 5.41) is 11.5. The van der Waals surface area contributed by atoms with Gasteiger partial charge in [-0.1, -0.05) is 0 Å². The van der Waals surface area contributed by atoms with Gasteiger partial charge in [0.25, 0.3) is 5.91 Å². The maximum atomic E-state index is 12.1. The van der Waals surface area contributed by atoms with E-state index in [0.29, 0.717) is 24.6 Å². The minimum absolute atomic E-state index is 0.00518. The topological polar surface area (TPSA) is 71.3 Å². The second-order valence-corrected chi connectivity index (χ2v) is 5.19. The van der Waals surface area contributed by atoms with Gasteiger partial charge in [-0.25, -0.2) is 0 Å². The summed E-state index contributed by atoms with van der Waals surface area (Å²) >= 11 is 0. The number of hydrogen-bond acceptors (Lipinski definition) is 2. The molecular formula is C14H20N2O3. The lowest BCUT2D eigenvalue weighted by Crippen LogP contribution is -2.33. The van der Waals surface area contributed by atoms with Gasteiger partial charge >= 0.3 is 5.97 Å². The van der Waals surface area contributed by atoms with Crippen molar-refractivity contribution in [3.05, 3.63) is 24.0 Å². The molecule has 1 fully saturated rings. The molecule has 5 heteroatoms. The van der Waals surface area contributed by atoms with Crippen molar-refractivity contribution in [3.8, 4) is 0 Å². The summed E-state index contributed by atoms with van der Waals surface area (Å²) in [5.41, 5.74) is 0.701. The van der Waals surface area contributed by atoms with Crippen LogP contribution in [-0.4, -0.2) is 27.6 Å². The molecule has 0 aromatic carbocycles. The van der Waals surface area contributed by atoms with E-state index >= 15 is 0 Å². The average molecular weight is 264 g/mol. The predicted molar refractivity (Wildman–Crippen MR) is 71.1 cm³/mol. The zero-order chi connectivity index (χ0) is 13.8. The summed E-state index contributed by atoms with van der Waals surface area (Å²) in [6, 6.07) is 4.20. The number of nitrogens with zero attached hydrogens (tertiary/aromatic N) is 1. The zero-order valence-corrected chi connectivity index (χ0v) is 11.1. The third-order valence-corrected chi connectivity index (χ3v) is 3.36. The molecule has 104 valence electrons. The summed E-state index contributed by atoms with van der Waals surface area (Å²) < 4.78 is 2.03. The molecule has 1 aliphatic carbocycles. The molecule has 0 spiro atoms. The van der Waals surface area contributed by atoms with E-state index in [-0.39, 0.29) is 18.4 Å². The van der Waals surface area contributed by atoms with E-state index in [4.69, 9.17) is 5.11 Å². The Bertz CT molecular complexity index is 463. The van der Waals surface area contributed by atoms with Crippen LogP contribution in [0.1, 0.15) is 55.6 Å². The van der Waals surface area contributed by atoms with Crippen molar-refractivity contribution >= 4 is 11.9 Å². The van der Waals surface area contributed by atoms with Gasteiger partial charge in [0.15, 0.2) is 0 Å². The lowest BCUT2D eigenvalue weighted by atomic mass is 10.1. The van der Waals surface area contributed by atoms with Crippen LogP contribution in [0.25, 0.3) is 0 Å². The predicted octanol–water partition coefficient (Wildman–Crippen LogP) is 2.20. The Morgan fingerprint density at radius 1 is 1.53 bits per heavy atom. The lowest BCUT2D eigenvalue weighted by Gasteiger charge is -2.14. The first-order valence-corrected chi connectivity index (χ1v) is 6.77. The van der Waals surface area contributed by atoms with E-state index in [9.17, 15) is 9.59 Å². The second kappa shape index (κ2) is 5.91. The van der Waals surface area contributed by atoms with Crippen LogP contribution in [0.4, 0.5) is 0 Å². The Kier molecular flexibility index (Phi) is 4.24. The number of aliphatic carboxylic acids is 1. The van der Waals surface area contributed by atoms with E-state index in [1.165, 1.54) is 0 Å². The highest BCUT2D eigenvalue weighted by atomic mass is 16.4. The summed E-state index contributed by atoms with van der Waals surface area (Å²) in [5.74, 6) is -0.860. The van der Waals surface area contributed by atoms with E-state index in [0.717, 1.165) is 12.8 Å². The smallest absolute Gasteiger partial charge is 0.303 e. The Morgan fingerprint density at radius 2 is 2.26 bits per heavy atom. The van der Waals surface area contributed by atoms with Crippen LogP contribution in [0.2, 0.25) is 0 Å². The molecule has 0 bridgehead atoms. The maximum Gasteiger partial charge on any atom is 0.303 e. The minimum Gasteiger partial charge on any atom is -0.481 e. The molecule has 19 heavy (non-hydrogen) atoms. The van der Waals surface area contributed by atoms with Gasteiger partial charge < -0.3 is 15.0 Å². The summed E-state index contributed by atoms with van der Waals surface area (Å²) in [6.07, 6.45) is 5.65. The number of aromatic nitrogens is 1. The molecule has 1 amide bonds. The first-order valence-electron chi connectivity index (χ1n) is 6.77. The average Bonchev–Trinajstić information content (AvgIpc) is 3.06. The molecule has 0 aliphatic heterocycles. The van der Waals surface area contributed by atoms with Gasteiger partial charge in [0.05, 0.1) is 0 Å². The number of carbonyl (C=O) groups excluding carboxylic acids is 1. The van der Waals surface area contributed by atoms with Crippen LogP contribution in [0.3, 0.4) is 0 Å². The fraction of sp³-hybridized carbons (Fsp3) is 0.571.